The summed E-state index contributed by atoms with van der Waals surface area (Å²) in [4.78, 5) is 26.5. The normalized spacial score (nSPS) is 17.5. The summed E-state index contributed by atoms with van der Waals surface area (Å²) in [5.74, 6) is -0.194. The molecule has 0 spiro atoms. The molecule has 1 heterocycles. The molecular weight excluding hydrogens is 306 g/mol. The maximum absolute atomic E-state index is 12.8. The number of anilines is 1. The number of hydrogen-bond donors (Lipinski definition) is 0. The van der Waals surface area contributed by atoms with Gasteiger partial charge in [0.15, 0.2) is 5.60 Å². The maximum Gasteiger partial charge on any atom is 0.329 e. The van der Waals surface area contributed by atoms with Crippen molar-refractivity contribution in [1.82, 2.24) is 0 Å². The highest BCUT2D eigenvalue weighted by molar-refractivity contribution is 6.31. The Hall–Kier alpha value is -1.75. The lowest BCUT2D eigenvalue weighted by Crippen LogP contribution is -2.58. The second-order valence-corrected chi connectivity index (χ2v) is 6.01. The van der Waals surface area contributed by atoms with Crippen molar-refractivity contribution < 1.29 is 19.1 Å². The van der Waals surface area contributed by atoms with Crippen molar-refractivity contribution in [1.29, 1.82) is 0 Å². The summed E-state index contributed by atoms with van der Waals surface area (Å²) >= 11 is 6.04. The number of rotatable bonds is 4. The third kappa shape index (κ3) is 2.90. The molecule has 0 saturated carbocycles. The molecule has 1 aliphatic heterocycles. The number of carbonyl (C=O) groups is 2. The van der Waals surface area contributed by atoms with Gasteiger partial charge in [-0.3, -0.25) is 9.69 Å². The number of hydrogen-bond acceptors (Lipinski definition) is 4. The molecule has 0 radical (unpaired) electrons. The van der Waals surface area contributed by atoms with Gasteiger partial charge in [-0.1, -0.05) is 18.5 Å². The zero-order valence-electron chi connectivity index (χ0n) is 13.2. The van der Waals surface area contributed by atoms with E-state index in [-0.39, 0.29) is 12.5 Å². The third-order valence-electron chi connectivity index (χ3n) is 3.54. The molecule has 1 unspecified atom stereocenters. The van der Waals surface area contributed by atoms with E-state index >= 15 is 0 Å². The molecule has 120 valence electrons. The lowest BCUT2D eigenvalue weighted by Gasteiger charge is -2.41. The zero-order chi connectivity index (χ0) is 16.5. The minimum absolute atomic E-state index is 0.264. The number of fused-ring (bicyclic) bond motifs is 1. The molecule has 1 aromatic carbocycles. The van der Waals surface area contributed by atoms with Crippen LogP contribution < -0.4 is 9.64 Å². The van der Waals surface area contributed by atoms with E-state index in [1.165, 1.54) is 4.90 Å². The fraction of sp³-hybridized carbons (Fsp3) is 0.500. The van der Waals surface area contributed by atoms with Crippen LogP contribution in [-0.4, -0.2) is 30.1 Å². The van der Waals surface area contributed by atoms with E-state index in [0.717, 1.165) is 0 Å². The van der Waals surface area contributed by atoms with Gasteiger partial charge in [-0.15, -0.1) is 0 Å². The Balaban J connectivity index is 2.54. The summed E-state index contributed by atoms with van der Waals surface area (Å²) in [5, 5.41) is 0.471. The lowest BCUT2D eigenvalue weighted by atomic mass is 10.0. The molecule has 1 aromatic rings. The van der Waals surface area contributed by atoms with E-state index in [1.807, 2.05) is 6.92 Å². The summed E-state index contributed by atoms with van der Waals surface area (Å²) < 4.78 is 10.9. The van der Waals surface area contributed by atoms with Gasteiger partial charge in [0, 0.05) is 5.02 Å². The van der Waals surface area contributed by atoms with Crippen LogP contribution >= 0.6 is 11.6 Å². The van der Waals surface area contributed by atoms with Crippen molar-refractivity contribution in [2.75, 3.05) is 11.5 Å². The molecule has 22 heavy (non-hydrogen) atoms. The average Bonchev–Trinajstić information content (AvgIpc) is 2.45. The Kier molecular flexibility index (Phi) is 4.66. The molecule has 0 fully saturated rings. The second-order valence-electron chi connectivity index (χ2n) is 5.58. The van der Waals surface area contributed by atoms with Crippen LogP contribution in [0.25, 0.3) is 0 Å². The summed E-state index contributed by atoms with van der Waals surface area (Å²) in [5.41, 5.74) is -0.558. The third-order valence-corrected chi connectivity index (χ3v) is 3.77. The van der Waals surface area contributed by atoms with Crippen molar-refractivity contribution >= 4 is 29.2 Å². The molecular formula is C16H20ClNO4. The smallest absolute Gasteiger partial charge is 0.329 e. The van der Waals surface area contributed by atoms with E-state index in [1.54, 1.807) is 39.0 Å². The lowest BCUT2D eigenvalue weighted by molar-refractivity contribution is -0.147. The van der Waals surface area contributed by atoms with Crippen LogP contribution in [-0.2, 0) is 14.3 Å². The quantitative estimate of drug-likeness (QED) is 0.798. The van der Waals surface area contributed by atoms with Crippen molar-refractivity contribution in [3.05, 3.63) is 23.2 Å². The number of halogens is 1. The molecule has 1 atom stereocenters. The van der Waals surface area contributed by atoms with Gasteiger partial charge in [0.1, 0.15) is 11.8 Å². The van der Waals surface area contributed by atoms with Crippen LogP contribution in [0.15, 0.2) is 18.2 Å². The first kappa shape index (κ1) is 16.6. The van der Waals surface area contributed by atoms with Crippen molar-refractivity contribution in [2.24, 2.45) is 0 Å². The van der Waals surface area contributed by atoms with Gasteiger partial charge in [0.25, 0.3) is 5.91 Å². The Bertz CT molecular complexity index is 600. The predicted molar refractivity (Wildman–Crippen MR) is 84.4 cm³/mol. The van der Waals surface area contributed by atoms with Gasteiger partial charge in [0.2, 0.25) is 0 Å². The average molecular weight is 326 g/mol. The highest BCUT2D eigenvalue weighted by Crippen LogP contribution is 2.41. The van der Waals surface area contributed by atoms with Crippen LogP contribution in [0.1, 0.15) is 34.1 Å². The second kappa shape index (κ2) is 6.16. The number of carbonyl (C=O) groups excluding carboxylic acids is 2. The first-order chi connectivity index (χ1) is 10.3. The van der Waals surface area contributed by atoms with Gasteiger partial charge in [-0.25, -0.2) is 4.79 Å². The molecule has 0 N–H and O–H groups in total. The molecule has 0 saturated heterocycles. The number of nitrogens with zero attached hydrogens (tertiary/aromatic N) is 1. The fourth-order valence-corrected chi connectivity index (χ4v) is 2.65. The largest absolute Gasteiger partial charge is 0.476 e. The maximum atomic E-state index is 12.8. The number of esters is 1. The summed E-state index contributed by atoms with van der Waals surface area (Å²) in [6, 6.07) is 4.33. The van der Waals surface area contributed by atoms with Gasteiger partial charge in [-0.05, 0) is 45.4 Å². The molecule has 6 heteroatoms. The molecule has 0 bridgehead atoms. The van der Waals surface area contributed by atoms with E-state index in [9.17, 15) is 9.59 Å². The van der Waals surface area contributed by atoms with Gasteiger partial charge in [-0.2, -0.15) is 0 Å². The fourth-order valence-electron chi connectivity index (χ4n) is 2.49. The molecule has 1 aliphatic rings. The Morgan fingerprint density at radius 2 is 2.09 bits per heavy atom. The SMILES string of the molecule is CCOC(=O)C(CC)N1C(=O)C(C)(C)Oc2ccc(Cl)cc21. The molecule has 2 rings (SSSR count). The van der Waals surface area contributed by atoms with Gasteiger partial charge < -0.3 is 9.47 Å². The standard InChI is InChI=1S/C16H20ClNO4/c1-5-11(14(19)21-6-2)18-12-9-10(17)7-8-13(12)22-16(3,4)15(18)20/h7-9,11H,5-6H2,1-4H3. The minimum Gasteiger partial charge on any atom is -0.476 e. The zero-order valence-corrected chi connectivity index (χ0v) is 13.9. The van der Waals surface area contributed by atoms with E-state index in [4.69, 9.17) is 21.1 Å². The summed E-state index contributed by atoms with van der Waals surface area (Å²) in [6.07, 6.45) is 0.437. The molecule has 0 aromatic heterocycles. The van der Waals surface area contributed by atoms with Gasteiger partial charge >= 0.3 is 5.97 Å². The monoisotopic (exact) mass is 325 g/mol. The Labute approximate surface area is 135 Å². The highest BCUT2D eigenvalue weighted by Gasteiger charge is 2.45. The van der Waals surface area contributed by atoms with Crippen LogP contribution in [0, 0.1) is 0 Å². The van der Waals surface area contributed by atoms with Crippen LogP contribution in [0.3, 0.4) is 0 Å². The van der Waals surface area contributed by atoms with E-state index in [2.05, 4.69) is 0 Å². The first-order valence-corrected chi connectivity index (χ1v) is 7.68. The van der Waals surface area contributed by atoms with Crippen molar-refractivity contribution in [2.45, 2.75) is 45.8 Å². The Morgan fingerprint density at radius 1 is 1.41 bits per heavy atom. The summed E-state index contributed by atoms with van der Waals surface area (Å²) in [7, 11) is 0. The first-order valence-electron chi connectivity index (χ1n) is 7.30. The molecule has 0 aliphatic carbocycles. The molecule has 1 amide bonds. The Morgan fingerprint density at radius 3 is 2.68 bits per heavy atom. The topological polar surface area (TPSA) is 55.8 Å². The number of amides is 1. The predicted octanol–water partition coefficient (Wildman–Crippen LogP) is 3.19. The van der Waals surface area contributed by atoms with Crippen LogP contribution in [0.2, 0.25) is 5.02 Å². The van der Waals surface area contributed by atoms with E-state index < -0.39 is 17.6 Å². The highest BCUT2D eigenvalue weighted by atomic mass is 35.5. The number of ether oxygens (including phenoxy) is 2. The van der Waals surface area contributed by atoms with Crippen LogP contribution in [0.5, 0.6) is 5.75 Å². The minimum atomic E-state index is -1.05. The summed E-state index contributed by atoms with van der Waals surface area (Å²) in [6.45, 7) is 7.19. The van der Waals surface area contributed by atoms with Crippen LogP contribution in [0.4, 0.5) is 5.69 Å². The van der Waals surface area contributed by atoms with Gasteiger partial charge in [0.05, 0.1) is 12.3 Å². The van der Waals surface area contributed by atoms with Crippen molar-refractivity contribution in [3.63, 3.8) is 0 Å². The number of benzene rings is 1. The van der Waals surface area contributed by atoms with E-state index in [0.29, 0.717) is 22.9 Å². The molecule has 5 nitrogen and oxygen atoms in total. The van der Waals surface area contributed by atoms with Crippen molar-refractivity contribution in [3.8, 4) is 5.75 Å².